The van der Waals surface area contributed by atoms with Gasteiger partial charge in [-0.2, -0.15) is 18.3 Å². The van der Waals surface area contributed by atoms with Gasteiger partial charge in [-0.3, -0.25) is 9.48 Å². The molecule has 0 saturated carbocycles. The molecule has 0 aliphatic carbocycles. The molecule has 4 nitrogen and oxygen atoms in total. The van der Waals surface area contributed by atoms with Crippen LogP contribution in [-0.2, 0) is 13.2 Å². The molecule has 3 rings (SSSR count). The molecule has 0 N–H and O–H groups in total. The summed E-state index contributed by atoms with van der Waals surface area (Å²) in [5.41, 5.74) is 0.477. The van der Waals surface area contributed by atoms with Crippen LogP contribution in [0.25, 0.3) is 0 Å². The number of nitrogens with zero attached hydrogens (tertiary/aromatic N) is 3. The Morgan fingerprint density at radius 1 is 1.35 bits per heavy atom. The lowest BCUT2D eigenvalue weighted by Gasteiger charge is -2.16. The van der Waals surface area contributed by atoms with Gasteiger partial charge in [-0.05, 0) is 18.1 Å². The van der Waals surface area contributed by atoms with E-state index in [1.54, 1.807) is 28.9 Å². The van der Waals surface area contributed by atoms with Crippen LogP contribution >= 0.6 is 0 Å². The van der Waals surface area contributed by atoms with Gasteiger partial charge in [0.05, 0.1) is 17.3 Å². The molecular weight excluding hydrogens is 307 g/mol. The van der Waals surface area contributed by atoms with Crippen molar-refractivity contribution < 1.29 is 18.0 Å². The molecule has 7 heteroatoms. The molecule has 2 heterocycles. The standard InChI is InChI=1S/C16H16F3N3O/c1-21-9-13(8-20-21)15(23)22-6-5-12(10-22)11-3-2-4-14(7-11)16(17,18)19/h2-4,7-9,12H,5-6,10H2,1H3. The minimum Gasteiger partial charge on any atom is -0.338 e. The maximum absolute atomic E-state index is 12.8. The van der Waals surface area contributed by atoms with Crippen molar-refractivity contribution in [3.63, 3.8) is 0 Å². The summed E-state index contributed by atoms with van der Waals surface area (Å²) in [5, 5.41) is 3.97. The minimum atomic E-state index is -4.35. The van der Waals surface area contributed by atoms with Crippen molar-refractivity contribution in [2.75, 3.05) is 13.1 Å². The van der Waals surface area contributed by atoms with Crippen LogP contribution in [0.5, 0.6) is 0 Å². The Bertz CT molecular complexity index is 723. The summed E-state index contributed by atoms with van der Waals surface area (Å²) >= 11 is 0. The number of hydrogen-bond donors (Lipinski definition) is 0. The predicted molar refractivity (Wildman–Crippen MR) is 77.9 cm³/mol. The molecule has 0 bridgehead atoms. The fourth-order valence-electron chi connectivity index (χ4n) is 2.90. The van der Waals surface area contributed by atoms with Crippen LogP contribution in [0.3, 0.4) is 0 Å². The maximum atomic E-state index is 12.8. The molecule has 1 aromatic heterocycles. The number of aryl methyl sites for hydroxylation is 1. The third-order valence-electron chi connectivity index (χ3n) is 4.11. The van der Waals surface area contributed by atoms with E-state index in [4.69, 9.17) is 0 Å². The monoisotopic (exact) mass is 323 g/mol. The van der Waals surface area contributed by atoms with Gasteiger partial charge in [-0.1, -0.05) is 18.2 Å². The third kappa shape index (κ3) is 3.23. The molecule has 2 aromatic rings. The number of alkyl halides is 3. The van der Waals surface area contributed by atoms with E-state index < -0.39 is 11.7 Å². The fraction of sp³-hybridized carbons (Fsp3) is 0.375. The topological polar surface area (TPSA) is 38.1 Å². The lowest BCUT2D eigenvalue weighted by molar-refractivity contribution is -0.137. The van der Waals surface area contributed by atoms with Crippen LogP contribution in [0, 0.1) is 0 Å². The minimum absolute atomic E-state index is 0.0714. The summed E-state index contributed by atoms with van der Waals surface area (Å²) in [6.07, 6.45) is -0.549. The van der Waals surface area contributed by atoms with Gasteiger partial charge < -0.3 is 4.90 Å². The Morgan fingerprint density at radius 3 is 2.78 bits per heavy atom. The number of benzene rings is 1. The lowest BCUT2D eigenvalue weighted by Crippen LogP contribution is -2.28. The molecule has 0 radical (unpaired) electrons. The number of carbonyl (C=O) groups is 1. The predicted octanol–water partition coefficient (Wildman–Crippen LogP) is 3.07. The first-order chi connectivity index (χ1) is 10.8. The quantitative estimate of drug-likeness (QED) is 0.852. The largest absolute Gasteiger partial charge is 0.416 e. The van der Waals surface area contributed by atoms with Gasteiger partial charge in [0.2, 0.25) is 0 Å². The molecule has 23 heavy (non-hydrogen) atoms. The Morgan fingerprint density at radius 2 is 2.13 bits per heavy atom. The van der Waals surface area contributed by atoms with Gasteiger partial charge in [0.15, 0.2) is 0 Å². The van der Waals surface area contributed by atoms with Crippen molar-refractivity contribution >= 4 is 5.91 Å². The molecule has 1 atom stereocenters. The molecule has 1 fully saturated rings. The van der Waals surface area contributed by atoms with Crippen LogP contribution in [0.4, 0.5) is 13.2 Å². The van der Waals surface area contributed by atoms with E-state index in [2.05, 4.69) is 5.10 Å². The zero-order valence-electron chi connectivity index (χ0n) is 12.5. The summed E-state index contributed by atoms with van der Waals surface area (Å²) in [6.45, 7) is 0.962. The highest BCUT2D eigenvalue weighted by Crippen LogP contribution is 2.34. The van der Waals surface area contributed by atoms with Crippen LogP contribution in [-0.4, -0.2) is 33.7 Å². The van der Waals surface area contributed by atoms with Crippen LogP contribution in [0.15, 0.2) is 36.7 Å². The van der Waals surface area contributed by atoms with Crippen molar-refractivity contribution in [2.45, 2.75) is 18.5 Å². The smallest absolute Gasteiger partial charge is 0.338 e. The van der Waals surface area contributed by atoms with Crippen LogP contribution in [0.2, 0.25) is 0 Å². The zero-order valence-corrected chi connectivity index (χ0v) is 12.5. The molecule has 1 unspecified atom stereocenters. The Hall–Kier alpha value is -2.31. The number of carbonyl (C=O) groups excluding carboxylic acids is 1. The molecule has 1 aliphatic heterocycles. The summed E-state index contributed by atoms with van der Waals surface area (Å²) in [6, 6.07) is 5.36. The molecule has 0 spiro atoms. The first-order valence-corrected chi connectivity index (χ1v) is 7.29. The molecular formula is C16H16F3N3O. The number of halogens is 3. The van der Waals surface area contributed by atoms with E-state index in [-0.39, 0.29) is 11.8 Å². The first kappa shape index (κ1) is 15.6. The SMILES string of the molecule is Cn1cc(C(=O)N2CCC(c3cccc(C(F)(F)F)c3)C2)cn1. The normalized spacial score (nSPS) is 18.4. The third-order valence-corrected chi connectivity index (χ3v) is 4.11. The van der Waals surface area contributed by atoms with E-state index in [1.807, 2.05) is 0 Å². The van der Waals surface area contributed by atoms with Crippen molar-refractivity contribution in [1.29, 1.82) is 0 Å². The van der Waals surface area contributed by atoms with E-state index in [0.29, 0.717) is 30.6 Å². The maximum Gasteiger partial charge on any atom is 0.416 e. The van der Waals surface area contributed by atoms with E-state index >= 15 is 0 Å². The molecule has 1 saturated heterocycles. The summed E-state index contributed by atoms with van der Waals surface area (Å²) < 4.78 is 40.0. The molecule has 122 valence electrons. The second-order valence-electron chi connectivity index (χ2n) is 5.76. The van der Waals surface area contributed by atoms with Gasteiger partial charge in [0.1, 0.15) is 0 Å². The number of likely N-dealkylation sites (tertiary alicyclic amines) is 1. The van der Waals surface area contributed by atoms with Gasteiger partial charge in [0.25, 0.3) is 5.91 Å². The van der Waals surface area contributed by atoms with E-state index in [9.17, 15) is 18.0 Å². The van der Waals surface area contributed by atoms with Crippen LogP contribution < -0.4 is 0 Å². The number of aromatic nitrogens is 2. The van der Waals surface area contributed by atoms with Gasteiger partial charge in [-0.25, -0.2) is 0 Å². The van der Waals surface area contributed by atoms with Gasteiger partial charge in [-0.15, -0.1) is 0 Å². The fourth-order valence-corrected chi connectivity index (χ4v) is 2.90. The first-order valence-electron chi connectivity index (χ1n) is 7.29. The lowest BCUT2D eigenvalue weighted by atomic mass is 9.96. The zero-order chi connectivity index (χ0) is 16.6. The second-order valence-corrected chi connectivity index (χ2v) is 5.76. The van der Waals surface area contributed by atoms with Gasteiger partial charge >= 0.3 is 6.18 Å². The van der Waals surface area contributed by atoms with E-state index in [0.717, 1.165) is 6.07 Å². The molecule has 1 amide bonds. The second kappa shape index (κ2) is 5.72. The average molecular weight is 323 g/mol. The van der Waals surface area contributed by atoms with Gasteiger partial charge in [0, 0.05) is 32.3 Å². The summed E-state index contributed by atoms with van der Waals surface area (Å²) in [7, 11) is 1.73. The highest BCUT2D eigenvalue weighted by molar-refractivity contribution is 5.94. The van der Waals surface area contributed by atoms with Crippen molar-refractivity contribution in [2.24, 2.45) is 7.05 Å². The van der Waals surface area contributed by atoms with E-state index in [1.165, 1.54) is 18.3 Å². The van der Waals surface area contributed by atoms with Crippen molar-refractivity contribution in [1.82, 2.24) is 14.7 Å². The molecule has 1 aromatic carbocycles. The van der Waals surface area contributed by atoms with Crippen molar-refractivity contribution in [3.8, 4) is 0 Å². The Labute approximate surface area is 131 Å². The molecule has 1 aliphatic rings. The number of rotatable bonds is 2. The Balaban J connectivity index is 1.74. The number of amides is 1. The van der Waals surface area contributed by atoms with Crippen molar-refractivity contribution in [3.05, 3.63) is 53.3 Å². The summed E-state index contributed by atoms with van der Waals surface area (Å²) in [4.78, 5) is 14.0. The van der Waals surface area contributed by atoms with Crippen LogP contribution in [0.1, 0.15) is 33.8 Å². The summed E-state index contributed by atoms with van der Waals surface area (Å²) in [5.74, 6) is -0.203. The highest BCUT2D eigenvalue weighted by Gasteiger charge is 2.33. The highest BCUT2D eigenvalue weighted by atomic mass is 19.4. The number of hydrogen-bond acceptors (Lipinski definition) is 2. The Kier molecular flexibility index (Phi) is 3.87. The average Bonchev–Trinajstić information content (AvgIpc) is 3.15.